The molecule has 6 nitrogen and oxygen atoms in total. The molecule has 0 radical (unpaired) electrons. The Labute approximate surface area is 391 Å². The normalized spacial score (nSPS) is 11.2. The predicted molar refractivity (Wildman–Crippen MR) is 271 cm³/mol. The third-order valence-corrected chi connectivity index (χ3v) is 27.6. The molecule has 0 fully saturated rings. The van der Waals surface area contributed by atoms with Gasteiger partial charge in [0.2, 0.25) is 0 Å². The van der Waals surface area contributed by atoms with Gasteiger partial charge in [0, 0.05) is 7.14 Å². The van der Waals surface area contributed by atoms with Crippen molar-refractivity contribution in [3.63, 3.8) is 0 Å². The van der Waals surface area contributed by atoms with Crippen LogP contribution >= 0.6 is 45.2 Å². The first kappa shape index (κ1) is 55.5. The molecule has 330 valence electrons. The van der Waals surface area contributed by atoms with Crippen molar-refractivity contribution in [2.75, 3.05) is 19.8 Å². The summed E-state index contributed by atoms with van der Waals surface area (Å²) in [5.41, 5.74) is 1.03. The minimum absolute atomic E-state index is 0.199. The quantitative estimate of drug-likeness (QED) is 0.0539. The van der Waals surface area contributed by atoms with Crippen LogP contribution in [0.1, 0.15) is 106 Å². The van der Waals surface area contributed by atoms with Crippen LogP contribution in [0.25, 0.3) is 0 Å². The van der Waals surface area contributed by atoms with Crippen LogP contribution in [0.15, 0.2) is 102 Å². The van der Waals surface area contributed by atoms with Gasteiger partial charge in [0.05, 0.1) is 18.1 Å². The van der Waals surface area contributed by atoms with Crippen LogP contribution in [0.2, 0.25) is 13.3 Å². The number of aryl methyl sites for hydroxylation is 1. The molecular weight excluding hydrogens is 1090 g/mol. The van der Waals surface area contributed by atoms with Crippen molar-refractivity contribution in [3.8, 4) is 17.2 Å². The first-order valence-corrected chi connectivity index (χ1v) is 32.5. The molecule has 0 spiro atoms. The van der Waals surface area contributed by atoms with Crippen molar-refractivity contribution in [2.45, 2.75) is 126 Å². The van der Waals surface area contributed by atoms with Crippen molar-refractivity contribution in [1.29, 1.82) is 0 Å². The number of benzene rings is 4. The van der Waals surface area contributed by atoms with Crippen LogP contribution in [-0.2, 0) is 14.3 Å². The van der Waals surface area contributed by atoms with E-state index in [1.54, 1.807) is 40.0 Å². The number of aromatic hydroxyl groups is 1. The van der Waals surface area contributed by atoms with Crippen molar-refractivity contribution >= 4 is 77.3 Å². The Morgan fingerprint density at radius 3 is 1.29 bits per heavy atom. The fourth-order valence-corrected chi connectivity index (χ4v) is 23.5. The summed E-state index contributed by atoms with van der Waals surface area (Å²) in [7, 11) is -3.57. The second kappa shape index (κ2) is 31.3. The topological polar surface area (TPSA) is 82.1 Å². The first-order valence-electron chi connectivity index (χ1n) is 21.5. The van der Waals surface area contributed by atoms with E-state index in [9.17, 15) is 8.42 Å². The summed E-state index contributed by atoms with van der Waals surface area (Å²) in [6.07, 6.45) is 8.30. The van der Waals surface area contributed by atoms with Gasteiger partial charge in [-0.1, -0.05) is 45.4 Å². The smallest absolute Gasteiger partial charge is 0.296 e. The molecule has 0 heterocycles. The summed E-state index contributed by atoms with van der Waals surface area (Å²) in [4.78, 5) is 0.216. The van der Waals surface area contributed by atoms with Crippen molar-refractivity contribution in [2.24, 2.45) is 17.8 Å². The summed E-state index contributed by atoms with van der Waals surface area (Å²) >= 11 is 2.22. The third kappa shape index (κ3) is 25.2. The zero-order valence-corrected chi connectivity index (χ0v) is 45.6. The molecule has 0 saturated carbocycles. The maximum Gasteiger partial charge on any atom is 0.296 e. The molecule has 0 bridgehead atoms. The Bertz CT molecular complexity index is 1700. The van der Waals surface area contributed by atoms with Crippen molar-refractivity contribution in [3.05, 3.63) is 110 Å². The minimum atomic E-state index is -3.57. The molecular formula is C49H74I2O6SSn. The van der Waals surface area contributed by atoms with Crippen molar-refractivity contribution in [1.82, 2.24) is 0 Å². The minimum Gasteiger partial charge on any atom is -0.508 e. The maximum atomic E-state index is 11.6. The zero-order chi connectivity index (χ0) is 44.3. The number of hydrogen-bond acceptors (Lipinski definition) is 6. The first-order chi connectivity index (χ1) is 28.0. The van der Waals surface area contributed by atoms with E-state index in [0.717, 1.165) is 33.8 Å². The number of unbranched alkanes of at least 4 members (excludes halogenated alkanes) is 3. The number of halogens is 2. The van der Waals surface area contributed by atoms with E-state index < -0.39 is 28.5 Å². The van der Waals surface area contributed by atoms with Gasteiger partial charge in [-0.05, 0) is 125 Å². The summed E-state index contributed by atoms with van der Waals surface area (Å²) in [6, 6.07) is 31.2. The van der Waals surface area contributed by atoms with Crippen LogP contribution in [0.4, 0.5) is 0 Å². The fraction of sp³-hybridized carbons (Fsp3) is 0.510. The Kier molecular flexibility index (Phi) is 29.4. The third-order valence-electron chi connectivity index (χ3n) is 9.17. The molecule has 4 aromatic carbocycles. The molecule has 0 atom stereocenters. The van der Waals surface area contributed by atoms with Gasteiger partial charge in [-0.15, -0.1) is 0 Å². The molecule has 0 aliphatic heterocycles. The summed E-state index contributed by atoms with van der Waals surface area (Å²) in [5, 5.41) is 8.75. The Hall–Kier alpha value is -1.55. The Morgan fingerprint density at radius 1 is 0.559 bits per heavy atom. The molecule has 0 amide bonds. The number of phenols is 1. The second-order valence-corrected chi connectivity index (χ2v) is 33.7. The van der Waals surface area contributed by atoms with Crippen LogP contribution in [0, 0.1) is 31.8 Å². The van der Waals surface area contributed by atoms with E-state index >= 15 is 0 Å². The SMILES string of the molecule is CC(C)COc1ccc(I)cc1.CCC[CH2][Sn]([CH2]CCC)([CH2]CCC)[c]1ccc(OCC(C)C)cc1.Cc1ccc(S(=O)(=O)OCC(C)C)cc1.Oc1ccc(I)cc1. The second-order valence-electron chi connectivity index (χ2n) is 16.4. The number of phenolic OH excluding ortho intramolecular Hbond substituents is 1. The summed E-state index contributed by atoms with van der Waals surface area (Å²) < 4.78 is 48.3. The monoisotopic (exact) mass is 1160 g/mol. The van der Waals surface area contributed by atoms with E-state index in [-0.39, 0.29) is 17.4 Å². The van der Waals surface area contributed by atoms with Crippen LogP contribution < -0.4 is 13.1 Å². The molecule has 0 aromatic heterocycles. The molecule has 59 heavy (non-hydrogen) atoms. The van der Waals surface area contributed by atoms with E-state index in [1.807, 2.05) is 45.0 Å². The van der Waals surface area contributed by atoms with E-state index in [4.69, 9.17) is 18.8 Å². The van der Waals surface area contributed by atoms with Gasteiger partial charge >= 0.3 is 156 Å². The van der Waals surface area contributed by atoms with Gasteiger partial charge in [-0.2, -0.15) is 8.42 Å². The molecule has 0 aliphatic rings. The number of rotatable bonds is 20. The van der Waals surface area contributed by atoms with Crippen LogP contribution in [-0.4, -0.2) is 51.7 Å². The predicted octanol–water partition coefficient (Wildman–Crippen LogP) is 14.5. The number of hydrogen-bond donors (Lipinski definition) is 1. The molecule has 0 unspecified atom stereocenters. The van der Waals surface area contributed by atoms with Crippen molar-refractivity contribution < 1.29 is 27.2 Å². The largest absolute Gasteiger partial charge is 0.508 e. The van der Waals surface area contributed by atoms with Gasteiger partial charge in [0.25, 0.3) is 10.1 Å². The van der Waals surface area contributed by atoms with Gasteiger partial charge in [0.15, 0.2) is 0 Å². The van der Waals surface area contributed by atoms with E-state index in [0.29, 0.717) is 17.6 Å². The van der Waals surface area contributed by atoms with Gasteiger partial charge in [0.1, 0.15) is 11.5 Å². The van der Waals surface area contributed by atoms with Gasteiger partial charge in [-0.25, -0.2) is 0 Å². The van der Waals surface area contributed by atoms with Crippen LogP contribution in [0.5, 0.6) is 17.2 Å². The van der Waals surface area contributed by atoms with Crippen LogP contribution in [0.3, 0.4) is 0 Å². The molecule has 4 aromatic rings. The summed E-state index contributed by atoms with van der Waals surface area (Å²) in [6.45, 7) is 23.3. The average molecular weight is 1160 g/mol. The molecule has 0 saturated heterocycles. The van der Waals surface area contributed by atoms with Gasteiger partial charge < -0.3 is 9.84 Å². The standard InChI is InChI=1S/C11H16O3S.C10H13IO.C10H13O.C6H5IO.3C4H9.Sn/c1-9(2)8-14-15(12,13)11-6-4-10(3)5-7-11;1-8(2)7-12-10-5-3-9(11)4-6-10;1-9(2)8-11-10-6-4-3-5-7-10;7-5-1-3-6(8)4-2-5;3*1-3-4-2;/h4-7,9H,8H2,1-3H3;3-6,8H,7H2,1-2H3;4-7,9H,8H2,1-2H3;1-4,8H;3*1,3-4H2,2H3;. The maximum absolute atomic E-state index is 11.6. The number of ether oxygens (including phenoxy) is 2. The Balaban J connectivity index is 0.000000424. The molecule has 10 heteroatoms. The molecule has 1 N–H and O–H groups in total. The van der Waals surface area contributed by atoms with Gasteiger partial charge in [-0.3, -0.25) is 4.18 Å². The average Bonchev–Trinajstić information content (AvgIpc) is 3.21. The Morgan fingerprint density at radius 2 is 0.932 bits per heavy atom. The zero-order valence-electron chi connectivity index (χ0n) is 37.6. The van der Waals surface area contributed by atoms with E-state index in [2.05, 4.69) is 130 Å². The fourth-order valence-electron chi connectivity index (χ4n) is 5.75. The molecule has 4 rings (SSSR count). The summed E-state index contributed by atoms with van der Waals surface area (Å²) in [5.74, 6) is 3.71. The van der Waals surface area contributed by atoms with E-state index in [1.165, 1.54) is 55.4 Å². The molecule has 0 aliphatic carbocycles.